The summed E-state index contributed by atoms with van der Waals surface area (Å²) in [6, 6.07) is 12.8. The maximum Gasteiger partial charge on any atom is 0.163 e. The van der Waals surface area contributed by atoms with Crippen molar-refractivity contribution in [3.05, 3.63) is 42.2 Å². The number of rotatable bonds is 7. The Labute approximate surface area is 174 Å². The van der Waals surface area contributed by atoms with E-state index < -0.39 is 0 Å². The first-order chi connectivity index (χ1) is 14.4. The summed E-state index contributed by atoms with van der Waals surface area (Å²) in [4.78, 5) is 7.25. The van der Waals surface area contributed by atoms with E-state index >= 15 is 0 Å². The molecule has 0 amide bonds. The highest BCUT2D eigenvalue weighted by Crippen LogP contribution is 2.31. The lowest BCUT2D eigenvalue weighted by Gasteiger charge is -2.37. The predicted octanol–water partition coefficient (Wildman–Crippen LogP) is 3.38. The third-order valence-electron chi connectivity index (χ3n) is 5.84. The molecule has 154 valence electrons. The van der Waals surface area contributed by atoms with E-state index in [0.29, 0.717) is 12.0 Å². The van der Waals surface area contributed by atoms with Gasteiger partial charge >= 0.3 is 0 Å². The van der Waals surface area contributed by atoms with Gasteiger partial charge in [0, 0.05) is 38.2 Å². The van der Waals surface area contributed by atoms with E-state index in [-0.39, 0.29) is 0 Å². The molecule has 2 fully saturated rings. The van der Waals surface area contributed by atoms with Gasteiger partial charge in [0.15, 0.2) is 10.8 Å². The molecule has 6 nitrogen and oxygen atoms in total. The van der Waals surface area contributed by atoms with E-state index in [2.05, 4.69) is 22.3 Å². The molecular formula is C22H27N3O3S. The molecule has 0 spiro atoms. The molecule has 2 saturated heterocycles. The molecule has 0 saturated carbocycles. The molecule has 0 aliphatic carbocycles. The SMILES string of the molecule is c1ccc2sc(-c3ccc(CNC[C@H]([C@@H]4CCOC4)N4CCOCC4)o3)nc2c1. The van der Waals surface area contributed by atoms with Crippen LogP contribution in [0.25, 0.3) is 21.0 Å². The third-order valence-corrected chi connectivity index (χ3v) is 6.89. The molecule has 4 heterocycles. The Balaban J connectivity index is 1.21. The standard InChI is InChI=1S/C22H27N3O3S/c1-2-4-21-18(3-1)24-22(29-21)20-6-5-17(28-20)13-23-14-19(16-7-10-27-15-16)25-8-11-26-12-9-25/h1-6,16,19,23H,7-15H2/t16-,19-/m1/s1. The smallest absolute Gasteiger partial charge is 0.163 e. The van der Waals surface area contributed by atoms with E-state index in [1.807, 2.05) is 24.3 Å². The highest BCUT2D eigenvalue weighted by Gasteiger charge is 2.31. The van der Waals surface area contributed by atoms with Gasteiger partial charge in [-0.2, -0.15) is 0 Å². The van der Waals surface area contributed by atoms with Crippen LogP contribution in [-0.4, -0.2) is 62.0 Å². The number of ether oxygens (including phenoxy) is 2. The van der Waals surface area contributed by atoms with E-state index in [9.17, 15) is 0 Å². The fourth-order valence-electron chi connectivity index (χ4n) is 4.27. The van der Waals surface area contributed by atoms with Crippen molar-refractivity contribution in [3.63, 3.8) is 0 Å². The number of aromatic nitrogens is 1. The zero-order valence-electron chi connectivity index (χ0n) is 16.5. The van der Waals surface area contributed by atoms with Crippen molar-refractivity contribution >= 4 is 21.6 Å². The number of benzene rings is 1. The molecule has 0 radical (unpaired) electrons. The number of nitrogens with one attached hydrogen (secondary N) is 1. The van der Waals surface area contributed by atoms with Gasteiger partial charge in [-0.3, -0.25) is 4.90 Å². The summed E-state index contributed by atoms with van der Waals surface area (Å²) < 4.78 is 18.5. The normalized spacial score (nSPS) is 21.7. The first-order valence-corrected chi connectivity index (χ1v) is 11.2. The monoisotopic (exact) mass is 413 g/mol. The van der Waals surface area contributed by atoms with E-state index in [1.54, 1.807) is 11.3 Å². The molecular weight excluding hydrogens is 386 g/mol. The minimum atomic E-state index is 0.486. The number of hydrogen-bond acceptors (Lipinski definition) is 7. The van der Waals surface area contributed by atoms with Gasteiger partial charge in [-0.15, -0.1) is 11.3 Å². The molecule has 1 N–H and O–H groups in total. The van der Waals surface area contributed by atoms with Gasteiger partial charge in [0.2, 0.25) is 0 Å². The van der Waals surface area contributed by atoms with E-state index in [0.717, 1.165) is 81.1 Å². The Morgan fingerprint density at radius 3 is 2.83 bits per heavy atom. The first-order valence-electron chi connectivity index (χ1n) is 10.4. The molecule has 2 aliphatic rings. The van der Waals surface area contributed by atoms with Gasteiger partial charge in [-0.25, -0.2) is 4.98 Å². The summed E-state index contributed by atoms with van der Waals surface area (Å²) in [7, 11) is 0. The number of hydrogen-bond donors (Lipinski definition) is 1. The van der Waals surface area contributed by atoms with Crippen LogP contribution in [0.4, 0.5) is 0 Å². The Bertz CT molecular complexity index is 895. The van der Waals surface area contributed by atoms with Crippen LogP contribution >= 0.6 is 11.3 Å². The van der Waals surface area contributed by atoms with Crippen molar-refractivity contribution in [1.82, 2.24) is 15.2 Å². The third kappa shape index (κ3) is 4.39. The molecule has 2 atom stereocenters. The Hall–Kier alpha value is -1.77. The van der Waals surface area contributed by atoms with Crippen LogP contribution in [0.5, 0.6) is 0 Å². The summed E-state index contributed by atoms with van der Waals surface area (Å²) >= 11 is 1.67. The van der Waals surface area contributed by atoms with Crippen molar-refractivity contribution in [2.75, 3.05) is 46.1 Å². The quantitative estimate of drug-likeness (QED) is 0.641. The lowest BCUT2D eigenvalue weighted by atomic mass is 9.97. The largest absolute Gasteiger partial charge is 0.457 e. The van der Waals surface area contributed by atoms with Gasteiger partial charge in [0.05, 0.1) is 36.6 Å². The second-order valence-electron chi connectivity index (χ2n) is 7.72. The average Bonchev–Trinajstić information content (AvgIpc) is 3.52. The van der Waals surface area contributed by atoms with Crippen molar-refractivity contribution in [2.45, 2.75) is 19.0 Å². The first kappa shape index (κ1) is 19.2. The van der Waals surface area contributed by atoms with Crippen LogP contribution in [0.15, 0.2) is 40.8 Å². The highest BCUT2D eigenvalue weighted by molar-refractivity contribution is 7.21. The molecule has 1 aromatic carbocycles. The molecule has 29 heavy (non-hydrogen) atoms. The topological polar surface area (TPSA) is 59.8 Å². The summed E-state index contributed by atoms with van der Waals surface area (Å²) in [5, 5.41) is 4.56. The van der Waals surface area contributed by atoms with Crippen molar-refractivity contribution in [1.29, 1.82) is 0 Å². The van der Waals surface area contributed by atoms with Crippen LogP contribution in [0.2, 0.25) is 0 Å². The zero-order valence-corrected chi connectivity index (χ0v) is 17.3. The van der Waals surface area contributed by atoms with E-state index in [1.165, 1.54) is 4.70 Å². The van der Waals surface area contributed by atoms with Gasteiger partial charge in [-0.1, -0.05) is 12.1 Å². The van der Waals surface area contributed by atoms with Crippen LogP contribution < -0.4 is 5.32 Å². The highest BCUT2D eigenvalue weighted by atomic mass is 32.1. The molecule has 2 aromatic heterocycles. The van der Waals surface area contributed by atoms with Crippen LogP contribution in [0.1, 0.15) is 12.2 Å². The number of nitrogens with zero attached hydrogens (tertiary/aromatic N) is 2. The maximum atomic E-state index is 6.08. The summed E-state index contributed by atoms with van der Waals surface area (Å²) in [5.74, 6) is 2.38. The lowest BCUT2D eigenvalue weighted by Crippen LogP contribution is -2.51. The van der Waals surface area contributed by atoms with Crippen molar-refractivity contribution < 1.29 is 13.9 Å². The number of furan rings is 1. The van der Waals surface area contributed by atoms with Gasteiger partial charge in [-0.05, 0) is 30.7 Å². The fourth-order valence-corrected chi connectivity index (χ4v) is 5.20. The Morgan fingerprint density at radius 1 is 1.10 bits per heavy atom. The molecule has 3 aromatic rings. The van der Waals surface area contributed by atoms with Crippen LogP contribution in [-0.2, 0) is 16.0 Å². The number of morpholine rings is 1. The minimum absolute atomic E-state index is 0.486. The Kier molecular flexibility index (Phi) is 5.92. The molecule has 2 aliphatic heterocycles. The predicted molar refractivity (Wildman–Crippen MR) is 114 cm³/mol. The summed E-state index contributed by atoms with van der Waals surface area (Å²) in [6.45, 7) is 7.07. The summed E-state index contributed by atoms with van der Waals surface area (Å²) in [5.41, 5.74) is 1.02. The number of fused-ring (bicyclic) bond motifs is 1. The zero-order chi connectivity index (χ0) is 19.5. The average molecular weight is 414 g/mol. The molecule has 0 unspecified atom stereocenters. The fraction of sp³-hybridized carbons (Fsp3) is 0.500. The molecule has 5 rings (SSSR count). The van der Waals surface area contributed by atoms with Gasteiger partial charge < -0.3 is 19.2 Å². The second-order valence-corrected chi connectivity index (χ2v) is 8.75. The molecule has 7 heteroatoms. The van der Waals surface area contributed by atoms with Crippen LogP contribution in [0, 0.1) is 5.92 Å². The van der Waals surface area contributed by atoms with Gasteiger partial charge in [0.25, 0.3) is 0 Å². The second kappa shape index (κ2) is 8.93. The Morgan fingerprint density at radius 2 is 2.00 bits per heavy atom. The number of thiazole rings is 1. The maximum absolute atomic E-state index is 6.08. The summed E-state index contributed by atoms with van der Waals surface area (Å²) in [6.07, 6.45) is 1.15. The van der Waals surface area contributed by atoms with Crippen molar-refractivity contribution in [2.24, 2.45) is 5.92 Å². The van der Waals surface area contributed by atoms with Gasteiger partial charge in [0.1, 0.15) is 5.76 Å². The minimum Gasteiger partial charge on any atom is -0.457 e. The number of para-hydroxylation sites is 1. The van der Waals surface area contributed by atoms with E-state index in [4.69, 9.17) is 18.9 Å². The molecule has 0 bridgehead atoms. The van der Waals surface area contributed by atoms with Crippen LogP contribution in [0.3, 0.4) is 0 Å². The lowest BCUT2D eigenvalue weighted by molar-refractivity contribution is 0.00129. The van der Waals surface area contributed by atoms with Crippen molar-refractivity contribution in [3.8, 4) is 10.8 Å².